The van der Waals surface area contributed by atoms with Crippen molar-refractivity contribution in [1.82, 2.24) is 0 Å². The molecule has 0 heterocycles. The molecule has 2 aromatic rings. The lowest BCUT2D eigenvalue weighted by atomic mass is 10.1. The van der Waals surface area contributed by atoms with E-state index >= 15 is 0 Å². The van der Waals surface area contributed by atoms with Gasteiger partial charge in [-0.2, -0.15) is 0 Å². The van der Waals surface area contributed by atoms with Gasteiger partial charge in [0.2, 0.25) is 0 Å². The van der Waals surface area contributed by atoms with Crippen LogP contribution in [0.1, 0.15) is 25.5 Å². The molecular weight excluding hydrogens is 296 g/mol. The molecule has 21 heavy (non-hydrogen) atoms. The predicted molar refractivity (Wildman–Crippen MR) is 81.0 cm³/mol. The fraction of sp³-hybridized carbons (Fsp3) is 0.250. The van der Waals surface area contributed by atoms with Crippen LogP contribution in [0.25, 0.3) is 0 Å². The molecule has 2 aromatic carbocycles. The third-order valence-electron chi connectivity index (χ3n) is 3.06. The molecule has 112 valence electrons. The Morgan fingerprint density at radius 2 is 1.95 bits per heavy atom. The van der Waals surface area contributed by atoms with E-state index in [0.29, 0.717) is 18.0 Å². The molecule has 2 rings (SSSR count). The van der Waals surface area contributed by atoms with Gasteiger partial charge in [-0.05, 0) is 43.7 Å². The average Bonchev–Trinajstić information content (AvgIpc) is 2.45. The molecule has 2 nitrogen and oxygen atoms in total. The molecule has 5 heteroatoms. The van der Waals surface area contributed by atoms with Crippen molar-refractivity contribution in [3.05, 3.63) is 58.6 Å². The van der Waals surface area contributed by atoms with E-state index < -0.39 is 5.82 Å². The fourth-order valence-electron chi connectivity index (χ4n) is 1.99. The molecule has 0 radical (unpaired) electrons. The second-order valence-corrected chi connectivity index (χ2v) is 5.02. The van der Waals surface area contributed by atoms with Crippen molar-refractivity contribution in [1.29, 1.82) is 0 Å². The Kier molecular flexibility index (Phi) is 5.02. The van der Waals surface area contributed by atoms with E-state index in [9.17, 15) is 8.78 Å². The Morgan fingerprint density at radius 1 is 1.19 bits per heavy atom. The Hall–Kier alpha value is -1.81. The average molecular weight is 312 g/mol. The van der Waals surface area contributed by atoms with Crippen molar-refractivity contribution in [2.24, 2.45) is 0 Å². The minimum absolute atomic E-state index is 0.0743. The largest absolute Gasteiger partial charge is 0.492 e. The molecule has 0 aromatic heterocycles. The minimum Gasteiger partial charge on any atom is -0.492 e. The zero-order chi connectivity index (χ0) is 15.4. The number of benzene rings is 2. The van der Waals surface area contributed by atoms with Gasteiger partial charge in [0, 0.05) is 12.1 Å². The fourth-order valence-corrected chi connectivity index (χ4v) is 2.18. The molecule has 0 fully saturated rings. The van der Waals surface area contributed by atoms with Gasteiger partial charge in [0.1, 0.15) is 17.4 Å². The smallest absolute Gasteiger partial charge is 0.145 e. The second kappa shape index (κ2) is 6.76. The third-order valence-corrected chi connectivity index (χ3v) is 3.35. The van der Waals surface area contributed by atoms with Crippen molar-refractivity contribution in [2.75, 3.05) is 11.9 Å². The van der Waals surface area contributed by atoms with Crippen LogP contribution in [-0.2, 0) is 0 Å². The maximum Gasteiger partial charge on any atom is 0.145 e. The quantitative estimate of drug-likeness (QED) is 0.820. The lowest BCUT2D eigenvalue weighted by Gasteiger charge is -2.19. The number of rotatable bonds is 5. The third kappa shape index (κ3) is 3.85. The zero-order valence-electron chi connectivity index (χ0n) is 11.8. The van der Waals surface area contributed by atoms with Crippen LogP contribution in [0.2, 0.25) is 5.02 Å². The van der Waals surface area contributed by atoms with Crippen molar-refractivity contribution in [3.8, 4) is 5.75 Å². The van der Waals surface area contributed by atoms with Crippen LogP contribution >= 0.6 is 11.6 Å². The summed E-state index contributed by atoms with van der Waals surface area (Å²) in [4.78, 5) is 0. The summed E-state index contributed by atoms with van der Waals surface area (Å²) < 4.78 is 31.9. The number of halogens is 3. The van der Waals surface area contributed by atoms with E-state index in [1.165, 1.54) is 18.2 Å². The highest BCUT2D eigenvalue weighted by Crippen LogP contribution is 2.30. The number of ether oxygens (including phenoxy) is 1. The van der Waals surface area contributed by atoms with Gasteiger partial charge in [-0.25, -0.2) is 8.78 Å². The van der Waals surface area contributed by atoms with Gasteiger partial charge in [-0.15, -0.1) is 0 Å². The molecule has 0 aliphatic rings. The summed E-state index contributed by atoms with van der Waals surface area (Å²) in [5.74, 6) is -0.372. The molecular formula is C16H16ClF2NO. The van der Waals surface area contributed by atoms with Gasteiger partial charge < -0.3 is 10.1 Å². The molecule has 1 atom stereocenters. The van der Waals surface area contributed by atoms with Gasteiger partial charge in [0.05, 0.1) is 17.3 Å². The van der Waals surface area contributed by atoms with Gasteiger partial charge >= 0.3 is 0 Å². The summed E-state index contributed by atoms with van der Waals surface area (Å²) >= 11 is 5.79. The number of hydrogen-bond donors (Lipinski definition) is 1. The summed E-state index contributed by atoms with van der Waals surface area (Å²) in [5.41, 5.74) is 1.50. The lowest BCUT2D eigenvalue weighted by Crippen LogP contribution is -2.08. The van der Waals surface area contributed by atoms with Crippen LogP contribution in [-0.4, -0.2) is 6.61 Å². The SMILES string of the molecule is CCOc1cc(F)ccc1NC(C)c1ccc(F)c(Cl)c1. The summed E-state index contributed by atoms with van der Waals surface area (Å²) in [5, 5.41) is 3.29. The van der Waals surface area contributed by atoms with E-state index in [4.69, 9.17) is 16.3 Å². The molecule has 0 aliphatic carbocycles. The van der Waals surface area contributed by atoms with Crippen LogP contribution < -0.4 is 10.1 Å². The first-order chi connectivity index (χ1) is 10.0. The van der Waals surface area contributed by atoms with Gasteiger partial charge in [-0.1, -0.05) is 17.7 Å². The van der Waals surface area contributed by atoms with E-state index in [-0.39, 0.29) is 16.9 Å². The van der Waals surface area contributed by atoms with Crippen molar-refractivity contribution in [2.45, 2.75) is 19.9 Å². The highest BCUT2D eigenvalue weighted by Gasteiger charge is 2.12. The van der Waals surface area contributed by atoms with Crippen molar-refractivity contribution in [3.63, 3.8) is 0 Å². The topological polar surface area (TPSA) is 21.3 Å². The van der Waals surface area contributed by atoms with E-state index in [2.05, 4.69) is 5.32 Å². The first kappa shape index (κ1) is 15.6. The van der Waals surface area contributed by atoms with Gasteiger partial charge in [-0.3, -0.25) is 0 Å². The highest BCUT2D eigenvalue weighted by atomic mass is 35.5. The zero-order valence-corrected chi connectivity index (χ0v) is 12.5. The summed E-state index contributed by atoms with van der Waals surface area (Å²) in [6, 6.07) is 8.71. The van der Waals surface area contributed by atoms with Crippen LogP contribution in [0, 0.1) is 11.6 Å². The highest BCUT2D eigenvalue weighted by molar-refractivity contribution is 6.30. The van der Waals surface area contributed by atoms with Crippen LogP contribution in [0.15, 0.2) is 36.4 Å². The Bertz CT molecular complexity index is 634. The monoisotopic (exact) mass is 311 g/mol. The summed E-state index contributed by atoms with van der Waals surface area (Å²) in [6.45, 7) is 4.18. The maximum atomic E-state index is 13.3. The van der Waals surface area contributed by atoms with Crippen LogP contribution in [0.3, 0.4) is 0 Å². The molecule has 0 saturated carbocycles. The number of hydrogen-bond acceptors (Lipinski definition) is 2. The van der Waals surface area contributed by atoms with E-state index in [1.807, 2.05) is 13.8 Å². The number of nitrogens with one attached hydrogen (secondary N) is 1. The summed E-state index contributed by atoms with van der Waals surface area (Å²) in [6.07, 6.45) is 0. The normalized spacial score (nSPS) is 12.0. The minimum atomic E-state index is -0.454. The first-order valence-corrected chi connectivity index (χ1v) is 7.03. The predicted octanol–water partition coefficient (Wildman–Crippen LogP) is 5.19. The molecule has 1 unspecified atom stereocenters. The van der Waals surface area contributed by atoms with E-state index in [1.54, 1.807) is 18.2 Å². The molecule has 1 N–H and O–H groups in total. The van der Waals surface area contributed by atoms with Gasteiger partial charge in [0.15, 0.2) is 0 Å². The summed E-state index contributed by atoms with van der Waals surface area (Å²) in [7, 11) is 0. The Balaban J connectivity index is 2.22. The second-order valence-electron chi connectivity index (χ2n) is 4.61. The molecule has 0 spiro atoms. The Labute approximate surface area is 127 Å². The van der Waals surface area contributed by atoms with Crippen molar-refractivity contribution >= 4 is 17.3 Å². The molecule has 0 amide bonds. The molecule has 0 saturated heterocycles. The van der Waals surface area contributed by atoms with E-state index in [0.717, 1.165) is 5.56 Å². The lowest BCUT2D eigenvalue weighted by molar-refractivity contribution is 0.339. The molecule has 0 aliphatic heterocycles. The van der Waals surface area contributed by atoms with Crippen LogP contribution in [0.5, 0.6) is 5.75 Å². The molecule has 0 bridgehead atoms. The van der Waals surface area contributed by atoms with Crippen molar-refractivity contribution < 1.29 is 13.5 Å². The first-order valence-electron chi connectivity index (χ1n) is 6.65. The van der Waals surface area contributed by atoms with Crippen LogP contribution in [0.4, 0.5) is 14.5 Å². The Morgan fingerprint density at radius 3 is 2.62 bits per heavy atom. The number of anilines is 1. The standard InChI is InChI=1S/C16H16ClF2NO/c1-3-21-16-9-12(18)5-7-15(16)20-10(2)11-4-6-14(19)13(17)8-11/h4-10,20H,3H2,1-2H3. The maximum absolute atomic E-state index is 13.3. The van der Waals surface area contributed by atoms with Gasteiger partial charge in [0.25, 0.3) is 0 Å².